The van der Waals surface area contributed by atoms with E-state index in [0.29, 0.717) is 17.1 Å². The highest BCUT2D eigenvalue weighted by atomic mass is 16.7. The van der Waals surface area contributed by atoms with E-state index in [4.69, 9.17) is 9.47 Å². The van der Waals surface area contributed by atoms with Gasteiger partial charge in [0.05, 0.1) is 0 Å². The Kier molecular flexibility index (Phi) is 3.95. The molecule has 0 amide bonds. The van der Waals surface area contributed by atoms with Crippen LogP contribution in [0.5, 0.6) is 11.5 Å². The fraction of sp³-hybridized carbons (Fsp3) is 0.250. The van der Waals surface area contributed by atoms with Gasteiger partial charge in [0, 0.05) is 5.56 Å². The third kappa shape index (κ3) is 3.45. The molecule has 3 heteroatoms. The molecule has 0 saturated heterocycles. The molecule has 0 unspecified atom stereocenters. The van der Waals surface area contributed by atoms with Crippen molar-refractivity contribution in [2.45, 2.75) is 26.2 Å². The third-order valence-electron chi connectivity index (χ3n) is 3.86. The van der Waals surface area contributed by atoms with Crippen LogP contribution in [0.4, 0.5) is 0 Å². The van der Waals surface area contributed by atoms with Gasteiger partial charge in [0.2, 0.25) is 6.79 Å². The minimum Gasteiger partial charge on any atom is -0.454 e. The predicted molar refractivity (Wildman–Crippen MR) is 91.1 cm³/mol. The van der Waals surface area contributed by atoms with E-state index in [2.05, 4.69) is 32.9 Å². The summed E-state index contributed by atoms with van der Waals surface area (Å²) in [5.74, 6) is 1.25. The normalized spacial score (nSPS) is 13.5. The van der Waals surface area contributed by atoms with E-state index in [1.54, 1.807) is 24.3 Å². The van der Waals surface area contributed by atoms with Crippen LogP contribution in [0.15, 0.2) is 48.5 Å². The van der Waals surface area contributed by atoms with Crippen molar-refractivity contribution in [2.75, 3.05) is 6.79 Å². The average Bonchev–Trinajstić information content (AvgIpc) is 2.99. The van der Waals surface area contributed by atoms with E-state index < -0.39 is 0 Å². The smallest absolute Gasteiger partial charge is 0.231 e. The molecule has 3 rings (SSSR count). The summed E-state index contributed by atoms with van der Waals surface area (Å²) in [5, 5.41) is 0. The van der Waals surface area contributed by atoms with Crippen molar-refractivity contribution in [1.82, 2.24) is 0 Å². The molecule has 0 saturated carbocycles. The van der Waals surface area contributed by atoms with E-state index in [1.807, 2.05) is 18.2 Å². The monoisotopic (exact) mass is 308 g/mol. The summed E-state index contributed by atoms with van der Waals surface area (Å²) in [5.41, 5.74) is 3.01. The number of hydrogen-bond acceptors (Lipinski definition) is 3. The molecule has 0 N–H and O–H groups in total. The van der Waals surface area contributed by atoms with Crippen molar-refractivity contribution in [3.8, 4) is 11.5 Å². The van der Waals surface area contributed by atoms with E-state index in [9.17, 15) is 4.79 Å². The van der Waals surface area contributed by atoms with Gasteiger partial charge in [-0.3, -0.25) is 4.79 Å². The molecule has 2 aromatic rings. The van der Waals surface area contributed by atoms with Crippen molar-refractivity contribution in [3.05, 3.63) is 65.2 Å². The van der Waals surface area contributed by atoms with Crippen molar-refractivity contribution in [3.63, 3.8) is 0 Å². The Morgan fingerprint density at radius 3 is 2.39 bits per heavy atom. The van der Waals surface area contributed by atoms with Crippen LogP contribution in [0.3, 0.4) is 0 Å². The van der Waals surface area contributed by atoms with Crippen LogP contribution in [0, 0.1) is 0 Å². The minimum atomic E-state index is -0.0526. The molecule has 23 heavy (non-hydrogen) atoms. The lowest BCUT2D eigenvalue weighted by Gasteiger charge is -2.18. The van der Waals surface area contributed by atoms with E-state index >= 15 is 0 Å². The summed E-state index contributed by atoms with van der Waals surface area (Å²) < 4.78 is 10.5. The lowest BCUT2D eigenvalue weighted by atomic mass is 9.87. The van der Waals surface area contributed by atoms with Gasteiger partial charge in [0.1, 0.15) is 0 Å². The number of carbonyl (C=O) groups is 1. The van der Waals surface area contributed by atoms with E-state index in [-0.39, 0.29) is 18.0 Å². The lowest BCUT2D eigenvalue weighted by molar-refractivity contribution is 0.104. The van der Waals surface area contributed by atoms with Gasteiger partial charge in [-0.2, -0.15) is 0 Å². The van der Waals surface area contributed by atoms with Gasteiger partial charge >= 0.3 is 0 Å². The average molecular weight is 308 g/mol. The van der Waals surface area contributed by atoms with Gasteiger partial charge in [0.25, 0.3) is 0 Å². The summed E-state index contributed by atoms with van der Waals surface area (Å²) in [6.07, 6.45) is 3.42. The Hall–Kier alpha value is -2.55. The molecule has 118 valence electrons. The van der Waals surface area contributed by atoms with E-state index in [1.165, 1.54) is 5.56 Å². The Morgan fingerprint density at radius 2 is 1.70 bits per heavy atom. The van der Waals surface area contributed by atoms with Gasteiger partial charge in [-0.25, -0.2) is 0 Å². The number of rotatable bonds is 3. The quantitative estimate of drug-likeness (QED) is 0.613. The van der Waals surface area contributed by atoms with Gasteiger partial charge < -0.3 is 9.47 Å². The van der Waals surface area contributed by atoms with Crippen LogP contribution in [-0.2, 0) is 5.41 Å². The van der Waals surface area contributed by atoms with Gasteiger partial charge in [-0.1, -0.05) is 51.1 Å². The van der Waals surface area contributed by atoms with Crippen molar-refractivity contribution < 1.29 is 14.3 Å². The number of carbonyl (C=O) groups excluding carboxylic acids is 1. The highest BCUT2D eigenvalue weighted by Gasteiger charge is 2.15. The molecule has 0 fully saturated rings. The molecule has 1 heterocycles. The Morgan fingerprint density at radius 1 is 1.00 bits per heavy atom. The van der Waals surface area contributed by atoms with Gasteiger partial charge in [-0.05, 0) is 40.8 Å². The fourth-order valence-electron chi connectivity index (χ4n) is 2.41. The summed E-state index contributed by atoms with van der Waals surface area (Å²) in [7, 11) is 0. The van der Waals surface area contributed by atoms with Crippen molar-refractivity contribution >= 4 is 11.9 Å². The number of allylic oxidation sites excluding steroid dienone is 1. The first-order valence-corrected chi connectivity index (χ1v) is 7.66. The summed E-state index contributed by atoms with van der Waals surface area (Å²) in [6.45, 7) is 6.76. The molecule has 0 aromatic heterocycles. The molecular formula is C20H20O3. The van der Waals surface area contributed by atoms with Gasteiger partial charge in [0.15, 0.2) is 17.3 Å². The first-order valence-electron chi connectivity index (χ1n) is 7.66. The zero-order valence-electron chi connectivity index (χ0n) is 13.6. The topological polar surface area (TPSA) is 35.5 Å². The Bertz CT molecular complexity index is 749. The second kappa shape index (κ2) is 5.92. The van der Waals surface area contributed by atoms with Crippen LogP contribution < -0.4 is 9.47 Å². The molecule has 1 aliphatic rings. The minimum absolute atomic E-state index is 0.0526. The standard InChI is InChI=1S/C20H20O3/c1-20(2,3)16-8-4-14(5-9-16)6-10-17(21)15-7-11-18-19(12-15)23-13-22-18/h4-12H,13H2,1-3H3. The van der Waals surface area contributed by atoms with Crippen molar-refractivity contribution in [2.24, 2.45) is 0 Å². The molecular weight excluding hydrogens is 288 g/mol. The van der Waals surface area contributed by atoms with Crippen LogP contribution in [0.25, 0.3) is 6.08 Å². The number of hydrogen-bond donors (Lipinski definition) is 0. The number of fused-ring (bicyclic) bond motifs is 1. The highest BCUT2D eigenvalue weighted by molar-refractivity contribution is 6.07. The Labute approximate surface area is 136 Å². The number of ketones is 1. The second-order valence-electron chi connectivity index (χ2n) is 6.64. The summed E-state index contributed by atoms with van der Waals surface area (Å²) in [6, 6.07) is 13.5. The zero-order chi connectivity index (χ0) is 16.4. The van der Waals surface area contributed by atoms with Crippen molar-refractivity contribution in [1.29, 1.82) is 0 Å². The molecule has 0 atom stereocenters. The third-order valence-corrected chi connectivity index (χ3v) is 3.86. The molecule has 0 radical (unpaired) electrons. The van der Waals surface area contributed by atoms with Gasteiger partial charge in [-0.15, -0.1) is 0 Å². The first kappa shape index (κ1) is 15.3. The van der Waals surface area contributed by atoms with E-state index in [0.717, 1.165) is 5.56 Å². The summed E-state index contributed by atoms with van der Waals surface area (Å²) >= 11 is 0. The summed E-state index contributed by atoms with van der Waals surface area (Å²) in [4.78, 5) is 12.3. The fourth-order valence-corrected chi connectivity index (χ4v) is 2.41. The Balaban J connectivity index is 1.73. The highest BCUT2D eigenvalue weighted by Crippen LogP contribution is 2.32. The predicted octanol–water partition coefficient (Wildman–Crippen LogP) is 4.61. The molecule has 0 bridgehead atoms. The maximum atomic E-state index is 12.3. The number of benzene rings is 2. The maximum absolute atomic E-state index is 12.3. The first-order chi connectivity index (χ1) is 10.9. The second-order valence-corrected chi connectivity index (χ2v) is 6.64. The molecule has 0 spiro atoms. The largest absolute Gasteiger partial charge is 0.454 e. The van der Waals surface area contributed by atoms with Crippen LogP contribution >= 0.6 is 0 Å². The molecule has 0 aliphatic carbocycles. The lowest BCUT2D eigenvalue weighted by Crippen LogP contribution is -2.10. The van der Waals surface area contributed by atoms with Crippen LogP contribution in [0.2, 0.25) is 0 Å². The molecule has 2 aromatic carbocycles. The van der Waals surface area contributed by atoms with Crippen LogP contribution in [0.1, 0.15) is 42.3 Å². The maximum Gasteiger partial charge on any atom is 0.231 e. The zero-order valence-corrected chi connectivity index (χ0v) is 13.6. The molecule has 3 nitrogen and oxygen atoms in total. The SMILES string of the molecule is CC(C)(C)c1ccc(C=CC(=O)c2ccc3c(c2)OCO3)cc1. The van der Waals surface area contributed by atoms with Crippen LogP contribution in [-0.4, -0.2) is 12.6 Å². The molecule has 1 aliphatic heterocycles. The number of ether oxygens (including phenoxy) is 2.